The highest BCUT2D eigenvalue weighted by atomic mass is 16.1. The Morgan fingerprint density at radius 2 is 2.00 bits per heavy atom. The Balaban J connectivity index is 1.27. The molecular weight excluding hydrogens is 326 g/mol. The van der Waals surface area contributed by atoms with Gasteiger partial charge in [0.05, 0.1) is 17.3 Å². The lowest BCUT2D eigenvalue weighted by molar-refractivity contribution is -0.127. The van der Waals surface area contributed by atoms with Crippen molar-refractivity contribution in [1.29, 1.82) is 0 Å². The number of nitrogen functional groups attached to an aromatic ring is 1. The van der Waals surface area contributed by atoms with Crippen LogP contribution in [0.2, 0.25) is 0 Å². The average Bonchev–Trinajstić information content (AvgIpc) is 3.34. The maximum absolute atomic E-state index is 12.5. The van der Waals surface area contributed by atoms with Gasteiger partial charge in [0, 0.05) is 18.7 Å². The number of benzene rings is 1. The summed E-state index contributed by atoms with van der Waals surface area (Å²) in [5, 5.41) is 7.65. The van der Waals surface area contributed by atoms with Gasteiger partial charge in [0.15, 0.2) is 0 Å². The summed E-state index contributed by atoms with van der Waals surface area (Å²) < 4.78 is 1.75. The Kier molecular flexibility index (Phi) is 4.68. The molecule has 2 bridgehead atoms. The summed E-state index contributed by atoms with van der Waals surface area (Å²) in [6, 6.07) is 11.8. The minimum Gasteiger partial charge on any atom is -0.384 e. The van der Waals surface area contributed by atoms with Crippen molar-refractivity contribution >= 4 is 11.7 Å². The topological polar surface area (TPSA) is 99.0 Å². The van der Waals surface area contributed by atoms with Gasteiger partial charge in [-0.1, -0.05) is 18.2 Å². The lowest BCUT2D eigenvalue weighted by atomic mass is 9.84. The summed E-state index contributed by atoms with van der Waals surface area (Å²) in [5.74, 6) is 1.83. The molecule has 26 heavy (non-hydrogen) atoms. The fraction of sp³-hybridized carbons (Fsp3) is 0.500. The molecule has 2 aliphatic rings. The number of rotatable bonds is 6. The van der Waals surface area contributed by atoms with Crippen LogP contribution in [0.3, 0.4) is 0 Å². The summed E-state index contributed by atoms with van der Waals surface area (Å²) >= 11 is 0. The number of fused-ring (bicyclic) bond motifs is 2. The van der Waals surface area contributed by atoms with Crippen LogP contribution in [0, 0.1) is 17.8 Å². The molecule has 1 aromatic carbocycles. The first-order chi connectivity index (χ1) is 12.6. The van der Waals surface area contributed by atoms with Crippen molar-refractivity contribution in [3.63, 3.8) is 0 Å². The molecule has 0 aliphatic heterocycles. The van der Waals surface area contributed by atoms with Crippen LogP contribution in [-0.2, 0) is 11.2 Å². The number of carbonyl (C=O) groups excluding carboxylic acids is 1. The molecule has 5 N–H and O–H groups in total. The fourth-order valence-electron chi connectivity index (χ4n) is 4.67. The van der Waals surface area contributed by atoms with Crippen LogP contribution in [0.25, 0.3) is 5.69 Å². The van der Waals surface area contributed by atoms with Gasteiger partial charge < -0.3 is 16.8 Å². The van der Waals surface area contributed by atoms with E-state index in [-0.39, 0.29) is 17.9 Å². The van der Waals surface area contributed by atoms with Crippen LogP contribution < -0.4 is 16.8 Å². The Morgan fingerprint density at radius 1 is 1.23 bits per heavy atom. The molecule has 1 heterocycles. The van der Waals surface area contributed by atoms with Crippen molar-refractivity contribution in [2.24, 2.45) is 23.5 Å². The molecule has 4 atom stereocenters. The molecule has 138 valence electrons. The number of anilines is 1. The zero-order valence-electron chi connectivity index (χ0n) is 15.0. The van der Waals surface area contributed by atoms with Crippen LogP contribution >= 0.6 is 0 Å². The van der Waals surface area contributed by atoms with Gasteiger partial charge in [0.25, 0.3) is 0 Å². The maximum Gasteiger partial charge on any atom is 0.224 e. The predicted molar refractivity (Wildman–Crippen MR) is 102 cm³/mol. The molecule has 0 radical (unpaired) electrons. The summed E-state index contributed by atoms with van der Waals surface area (Å²) in [6.07, 6.45) is 5.11. The van der Waals surface area contributed by atoms with Gasteiger partial charge in [-0.25, -0.2) is 4.68 Å². The van der Waals surface area contributed by atoms with Gasteiger partial charge in [0.2, 0.25) is 5.91 Å². The monoisotopic (exact) mass is 353 g/mol. The van der Waals surface area contributed by atoms with E-state index in [2.05, 4.69) is 10.4 Å². The normalized spacial score (nSPS) is 27.0. The van der Waals surface area contributed by atoms with Crippen molar-refractivity contribution in [3.05, 3.63) is 42.1 Å². The highest BCUT2D eigenvalue weighted by Gasteiger charge is 2.48. The number of hydrogen-bond acceptors (Lipinski definition) is 4. The number of nitrogens with one attached hydrogen (secondary N) is 1. The van der Waals surface area contributed by atoms with Crippen LogP contribution in [0.4, 0.5) is 5.82 Å². The van der Waals surface area contributed by atoms with E-state index < -0.39 is 0 Å². The molecule has 4 unspecified atom stereocenters. The average molecular weight is 353 g/mol. The Morgan fingerprint density at radius 3 is 2.73 bits per heavy atom. The van der Waals surface area contributed by atoms with E-state index in [4.69, 9.17) is 11.5 Å². The molecule has 2 fully saturated rings. The van der Waals surface area contributed by atoms with Gasteiger partial charge in [-0.15, -0.1) is 0 Å². The van der Waals surface area contributed by atoms with Gasteiger partial charge in [-0.3, -0.25) is 4.79 Å². The number of amides is 1. The molecule has 4 rings (SSSR count). The molecule has 6 heteroatoms. The summed E-state index contributed by atoms with van der Waals surface area (Å²) in [6.45, 7) is 0.650. The number of aromatic nitrogens is 2. The van der Waals surface area contributed by atoms with E-state index in [0.29, 0.717) is 24.2 Å². The molecule has 6 nitrogen and oxygen atoms in total. The lowest BCUT2D eigenvalue weighted by Gasteiger charge is -2.26. The maximum atomic E-state index is 12.5. The highest BCUT2D eigenvalue weighted by molar-refractivity contribution is 5.80. The first-order valence-corrected chi connectivity index (χ1v) is 9.56. The van der Waals surface area contributed by atoms with Crippen LogP contribution in [-0.4, -0.2) is 28.3 Å². The molecule has 0 spiro atoms. The van der Waals surface area contributed by atoms with Crippen LogP contribution in [0.5, 0.6) is 0 Å². The lowest BCUT2D eigenvalue weighted by Crippen LogP contribution is -2.45. The molecule has 2 aromatic rings. The standard InChI is InChI=1S/C20H27N5O/c21-17-12-15(24-25(17)16-6-2-1-3-7-16)5-4-10-23-20(26)18-13-8-9-14(11-13)19(18)22/h1-3,6-7,12-14,18-19H,4-5,8-11,21-22H2,(H,23,26). The molecule has 2 aliphatic carbocycles. The quantitative estimate of drug-likeness (QED) is 0.691. The van der Waals surface area contributed by atoms with E-state index >= 15 is 0 Å². The summed E-state index contributed by atoms with van der Waals surface area (Å²) in [7, 11) is 0. The van der Waals surface area contributed by atoms with E-state index in [1.54, 1.807) is 4.68 Å². The third-order valence-corrected chi connectivity index (χ3v) is 5.98. The number of nitrogens with zero attached hydrogens (tertiary/aromatic N) is 2. The first-order valence-electron chi connectivity index (χ1n) is 9.56. The smallest absolute Gasteiger partial charge is 0.224 e. The molecule has 2 saturated carbocycles. The van der Waals surface area contributed by atoms with E-state index in [1.165, 1.54) is 6.42 Å². The Hall–Kier alpha value is -2.34. The molecule has 1 amide bonds. The second-order valence-corrected chi connectivity index (χ2v) is 7.64. The largest absolute Gasteiger partial charge is 0.384 e. The molecule has 0 saturated heterocycles. The van der Waals surface area contributed by atoms with E-state index in [1.807, 2.05) is 36.4 Å². The van der Waals surface area contributed by atoms with Gasteiger partial charge >= 0.3 is 0 Å². The number of carbonyl (C=O) groups is 1. The van der Waals surface area contributed by atoms with Gasteiger partial charge in [-0.05, 0) is 56.1 Å². The SMILES string of the molecule is Nc1cc(CCCNC(=O)C2C3CCC(C3)C2N)nn1-c1ccccc1. The number of hydrogen-bond donors (Lipinski definition) is 3. The zero-order chi connectivity index (χ0) is 18.1. The third-order valence-electron chi connectivity index (χ3n) is 5.98. The second kappa shape index (κ2) is 7.11. The minimum atomic E-state index is 0.0154. The molecular formula is C20H27N5O. The van der Waals surface area contributed by atoms with Crippen molar-refractivity contribution in [3.8, 4) is 5.69 Å². The summed E-state index contributed by atoms with van der Waals surface area (Å²) in [5.41, 5.74) is 14.2. The number of nitrogens with two attached hydrogens (primary N) is 2. The predicted octanol–water partition coefficient (Wildman–Crippen LogP) is 1.88. The third kappa shape index (κ3) is 3.21. The van der Waals surface area contributed by atoms with Crippen molar-refractivity contribution in [2.45, 2.75) is 38.1 Å². The zero-order valence-corrected chi connectivity index (χ0v) is 15.0. The Bertz CT molecular complexity index is 770. The van der Waals surface area contributed by atoms with Gasteiger partial charge in [-0.2, -0.15) is 5.10 Å². The van der Waals surface area contributed by atoms with Crippen molar-refractivity contribution in [1.82, 2.24) is 15.1 Å². The highest BCUT2D eigenvalue weighted by Crippen LogP contribution is 2.47. The summed E-state index contributed by atoms with van der Waals surface area (Å²) in [4.78, 5) is 12.5. The molecule has 1 aromatic heterocycles. The minimum absolute atomic E-state index is 0.0154. The second-order valence-electron chi connectivity index (χ2n) is 7.64. The number of aryl methyl sites for hydroxylation is 1. The fourth-order valence-corrected chi connectivity index (χ4v) is 4.67. The van der Waals surface area contributed by atoms with E-state index in [0.717, 1.165) is 37.1 Å². The van der Waals surface area contributed by atoms with Crippen LogP contribution in [0.15, 0.2) is 36.4 Å². The van der Waals surface area contributed by atoms with Crippen molar-refractivity contribution in [2.75, 3.05) is 12.3 Å². The number of para-hydroxylation sites is 1. The first kappa shape index (κ1) is 17.1. The van der Waals surface area contributed by atoms with Crippen molar-refractivity contribution < 1.29 is 4.79 Å². The Labute approximate surface area is 153 Å². The van der Waals surface area contributed by atoms with E-state index in [9.17, 15) is 4.79 Å². The van der Waals surface area contributed by atoms with Crippen LogP contribution in [0.1, 0.15) is 31.4 Å². The van der Waals surface area contributed by atoms with Gasteiger partial charge in [0.1, 0.15) is 5.82 Å².